The van der Waals surface area contributed by atoms with Gasteiger partial charge in [0, 0.05) is 11.6 Å². The van der Waals surface area contributed by atoms with Gasteiger partial charge in [0.2, 0.25) is 23.5 Å². The molecule has 1 aliphatic rings. The Hall–Kier alpha value is -3.66. The molecule has 5 rings (SSSR count). The number of hydrogen-bond donors (Lipinski definition) is 0. The van der Waals surface area contributed by atoms with Crippen LogP contribution in [0.1, 0.15) is 24.3 Å². The molecular weight excluding hydrogens is 449 g/mol. The SMILES string of the molecule is Cc1cc(-c2nnn(CC(=O)N(Cc3nnc(-c4ccccc4Cl)o3)C3CC3)n2)ccc1F. The minimum absolute atomic E-state index is 0.0881. The van der Waals surface area contributed by atoms with Crippen molar-refractivity contribution in [3.63, 3.8) is 0 Å². The zero-order valence-electron chi connectivity index (χ0n) is 17.7. The van der Waals surface area contributed by atoms with E-state index in [0.717, 1.165) is 12.8 Å². The first-order valence-corrected chi connectivity index (χ1v) is 10.8. The van der Waals surface area contributed by atoms with Gasteiger partial charge in [-0.25, -0.2) is 4.39 Å². The Labute approximate surface area is 193 Å². The normalized spacial score (nSPS) is 13.3. The van der Waals surface area contributed by atoms with Crippen molar-refractivity contribution >= 4 is 17.5 Å². The highest BCUT2D eigenvalue weighted by atomic mass is 35.5. The summed E-state index contributed by atoms with van der Waals surface area (Å²) in [7, 11) is 0. The fourth-order valence-electron chi connectivity index (χ4n) is 3.44. The Bertz CT molecular complexity index is 1320. The standard InChI is InChI=1S/C22H19ClFN7O2/c1-13-10-14(6-9-18(13)24)21-26-29-31(28-21)12-20(32)30(15-7-8-15)11-19-25-27-22(33-19)16-4-2-3-5-17(16)23/h2-6,9-10,15H,7-8,11-12H2,1H3. The van der Waals surface area contributed by atoms with Crippen molar-refractivity contribution in [2.24, 2.45) is 0 Å². The second-order valence-corrected chi connectivity index (χ2v) is 8.25. The number of rotatable bonds is 7. The van der Waals surface area contributed by atoms with Gasteiger partial charge in [-0.15, -0.1) is 20.4 Å². The van der Waals surface area contributed by atoms with Crippen molar-refractivity contribution in [1.82, 2.24) is 35.3 Å². The lowest BCUT2D eigenvalue weighted by Crippen LogP contribution is -2.35. The maximum atomic E-state index is 13.5. The summed E-state index contributed by atoms with van der Waals surface area (Å²) in [5.41, 5.74) is 1.75. The minimum atomic E-state index is -0.305. The molecule has 0 spiro atoms. The molecule has 1 amide bonds. The maximum Gasteiger partial charge on any atom is 0.249 e. The second kappa shape index (κ2) is 8.70. The van der Waals surface area contributed by atoms with Crippen LogP contribution < -0.4 is 0 Å². The quantitative estimate of drug-likeness (QED) is 0.408. The van der Waals surface area contributed by atoms with E-state index in [4.69, 9.17) is 16.0 Å². The van der Waals surface area contributed by atoms with Gasteiger partial charge < -0.3 is 9.32 Å². The van der Waals surface area contributed by atoms with Crippen LogP contribution in [-0.2, 0) is 17.9 Å². The number of aryl methyl sites for hydroxylation is 1. The maximum absolute atomic E-state index is 13.5. The van der Waals surface area contributed by atoms with E-state index in [1.165, 1.54) is 10.9 Å². The van der Waals surface area contributed by atoms with E-state index in [2.05, 4.69) is 25.6 Å². The summed E-state index contributed by atoms with van der Waals surface area (Å²) in [6.45, 7) is 1.75. The number of carbonyl (C=O) groups excluding carboxylic acids is 1. The second-order valence-electron chi connectivity index (χ2n) is 7.84. The third-order valence-corrected chi connectivity index (χ3v) is 5.66. The fraction of sp³-hybridized carbons (Fsp3) is 0.273. The highest BCUT2D eigenvalue weighted by Gasteiger charge is 2.34. The van der Waals surface area contributed by atoms with E-state index in [1.54, 1.807) is 36.1 Å². The van der Waals surface area contributed by atoms with Crippen LogP contribution in [-0.4, -0.2) is 47.3 Å². The van der Waals surface area contributed by atoms with Crippen LogP contribution in [0.5, 0.6) is 0 Å². The van der Waals surface area contributed by atoms with E-state index in [-0.39, 0.29) is 30.9 Å². The molecule has 11 heteroatoms. The first-order chi connectivity index (χ1) is 16.0. The van der Waals surface area contributed by atoms with Crippen LogP contribution in [0.2, 0.25) is 5.02 Å². The average Bonchev–Trinajstić information content (AvgIpc) is 3.35. The molecule has 2 aromatic carbocycles. The van der Waals surface area contributed by atoms with Gasteiger partial charge in [-0.05, 0) is 60.9 Å². The average molecular weight is 468 g/mol. The molecule has 0 aliphatic heterocycles. The lowest BCUT2D eigenvalue weighted by Gasteiger charge is -2.19. The molecule has 0 N–H and O–H groups in total. The van der Waals surface area contributed by atoms with Crippen molar-refractivity contribution in [1.29, 1.82) is 0 Å². The van der Waals surface area contributed by atoms with Crippen molar-refractivity contribution in [3.05, 3.63) is 64.8 Å². The molecule has 9 nitrogen and oxygen atoms in total. The summed E-state index contributed by atoms with van der Waals surface area (Å²) in [4.78, 5) is 15.9. The first kappa shape index (κ1) is 21.2. The van der Waals surface area contributed by atoms with Crippen LogP contribution >= 0.6 is 11.6 Å². The summed E-state index contributed by atoms with van der Waals surface area (Å²) < 4.78 is 19.3. The number of tetrazole rings is 1. The van der Waals surface area contributed by atoms with E-state index in [1.807, 2.05) is 12.1 Å². The van der Waals surface area contributed by atoms with Gasteiger partial charge >= 0.3 is 0 Å². The van der Waals surface area contributed by atoms with E-state index in [9.17, 15) is 9.18 Å². The molecule has 1 saturated carbocycles. The fourth-order valence-corrected chi connectivity index (χ4v) is 3.65. The molecule has 4 aromatic rings. The van der Waals surface area contributed by atoms with Gasteiger partial charge in [0.05, 0.1) is 17.1 Å². The van der Waals surface area contributed by atoms with Crippen molar-refractivity contribution in [2.45, 2.75) is 38.9 Å². The molecule has 0 bridgehead atoms. The van der Waals surface area contributed by atoms with Crippen molar-refractivity contribution in [2.75, 3.05) is 0 Å². The summed E-state index contributed by atoms with van der Waals surface area (Å²) in [6.07, 6.45) is 1.81. The third-order valence-electron chi connectivity index (χ3n) is 5.33. The number of carbonyl (C=O) groups is 1. The molecular formula is C22H19ClFN7O2. The van der Waals surface area contributed by atoms with Crippen LogP contribution in [0.4, 0.5) is 4.39 Å². The number of halogens is 2. The van der Waals surface area contributed by atoms with E-state index in [0.29, 0.717) is 39.3 Å². The largest absolute Gasteiger partial charge is 0.419 e. The molecule has 0 saturated heterocycles. The summed E-state index contributed by atoms with van der Waals surface area (Å²) >= 11 is 6.20. The van der Waals surface area contributed by atoms with E-state index < -0.39 is 0 Å². The Morgan fingerprint density at radius 1 is 1.21 bits per heavy atom. The van der Waals surface area contributed by atoms with Crippen LogP contribution in [0, 0.1) is 12.7 Å². The smallest absolute Gasteiger partial charge is 0.249 e. The molecule has 2 heterocycles. The van der Waals surface area contributed by atoms with Gasteiger partial charge in [0.15, 0.2) is 0 Å². The molecule has 0 unspecified atom stereocenters. The molecule has 33 heavy (non-hydrogen) atoms. The molecule has 1 fully saturated rings. The number of benzene rings is 2. The Balaban J connectivity index is 1.29. The Morgan fingerprint density at radius 3 is 2.79 bits per heavy atom. The monoisotopic (exact) mass is 467 g/mol. The molecule has 0 radical (unpaired) electrons. The van der Waals surface area contributed by atoms with Crippen LogP contribution in [0.25, 0.3) is 22.8 Å². The van der Waals surface area contributed by atoms with Gasteiger partial charge in [-0.3, -0.25) is 4.79 Å². The van der Waals surface area contributed by atoms with Gasteiger partial charge in [-0.1, -0.05) is 23.7 Å². The number of nitrogens with zero attached hydrogens (tertiary/aromatic N) is 7. The molecule has 2 aromatic heterocycles. The first-order valence-electron chi connectivity index (χ1n) is 10.4. The van der Waals surface area contributed by atoms with Gasteiger partial charge in [-0.2, -0.15) is 4.80 Å². The molecule has 1 aliphatic carbocycles. The van der Waals surface area contributed by atoms with Gasteiger partial charge in [0.25, 0.3) is 0 Å². The minimum Gasteiger partial charge on any atom is -0.419 e. The number of aromatic nitrogens is 6. The molecule has 168 valence electrons. The lowest BCUT2D eigenvalue weighted by molar-refractivity contribution is -0.133. The van der Waals surface area contributed by atoms with Crippen LogP contribution in [0.3, 0.4) is 0 Å². The number of hydrogen-bond acceptors (Lipinski definition) is 7. The zero-order chi connectivity index (χ0) is 22.9. The van der Waals surface area contributed by atoms with Crippen molar-refractivity contribution < 1.29 is 13.6 Å². The highest BCUT2D eigenvalue weighted by Crippen LogP contribution is 2.30. The zero-order valence-corrected chi connectivity index (χ0v) is 18.4. The summed E-state index contributed by atoms with van der Waals surface area (Å²) in [5, 5.41) is 20.9. The Kier molecular flexibility index (Phi) is 5.59. The number of amides is 1. The predicted molar refractivity (Wildman–Crippen MR) is 116 cm³/mol. The van der Waals surface area contributed by atoms with Crippen molar-refractivity contribution in [3.8, 4) is 22.8 Å². The highest BCUT2D eigenvalue weighted by molar-refractivity contribution is 6.33. The van der Waals surface area contributed by atoms with Crippen LogP contribution in [0.15, 0.2) is 46.9 Å². The van der Waals surface area contributed by atoms with E-state index >= 15 is 0 Å². The summed E-state index contributed by atoms with van der Waals surface area (Å²) in [5.74, 6) is 0.453. The topological polar surface area (TPSA) is 103 Å². The lowest BCUT2D eigenvalue weighted by atomic mass is 10.1. The summed E-state index contributed by atoms with van der Waals surface area (Å²) in [6, 6.07) is 11.9. The molecule has 0 atom stereocenters. The third kappa shape index (κ3) is 4.61. The predicted octanol–water partition coefficient (Wildman–Crippen LogP) is 3.68. The Morgan fingerprint density at radius 2 is 2.03 bits per heavy atom. The van der Waals surface area contributed by atoms with Gasteiger partial charge in [0.1, 0.15) is 12.4 Å².